The first kappa shape index (κ1) is 16.8. The molecule has 108 valence electrons. The zero-order chi connectivity index (χ0) is 14.3. The Kier molecular flexibility index (Phi) is 7.77. The Hall–Kier alpha value is -0.280. The minimum Gasteiger partial charge on any atom is -0.313 e. The van der Waals surface area contributed by atoms with Gasteiger partial charge in [-0.2, -0.15) is 0 Å². The fourth-order valence-corrected chi connectivity index (χ4v) is 2.53. The van der Waals surface area contributed by atoms with Crippen LogP contribution in [0.2, 0.25) is 10.0 Å². The SMILES string of the molecule is CCN(CC)CC(C)NCCc1cc(Cl)ccc1Cl. The number of nitrogens with zero attached hydrogens (tertiary/aromatic N) is 1. The third-order valence-electron chi connectivity index (χ3n) is 3.32. The molecule has 0 amide bonds. The van der Waals surface area contributed by atoms with E-state index in [0.717, 1.165) is 48.2 Å². The average molecular weight is 303 g/mol. The average Bonchev–Trinajstić information content (AvgIpc) is 2.40. The molecule has 1 atom stereocenters. The van der Waals surface area contributed by atoms with Crippen LogP contribution in [0.1, 0.15) is 26.3 Å². The Morgan fingerprint density at radius 3 is 2.53 bits per heavy atom. The topological polar surface area (TPSA) is 15.3 Å². The lowest BCUT2D eigenvalue weighted by Gasteiger charge is -2.23. The van der Waals surface area contributed by atoms with Crippen LogP contribution in [0.15, 0.2) is 18.2 Å². The number of nitrogens with one attached hydrogen (secondary N) is 1. The van der Waals surface area contributed by atoms with Crippen molar-refractivity contribution >= 4 is 23.2 Å². The Labute approximate surface area is 127 Å². The molecule has 19 heavy (non-hydrogen) atoms. The van der Waals surface area contributed by atoms with Gasteiger partial charge in [0, 0.05) is 22.6 Å². The van der Waals surface area contributed by atoms with E-state index in [-0.39, 0.29) is 0 Å². The predicted octanol–water partition coefficient (Wildman–Crippen LogP) is 3.86. The van der Waals surface area contributed by atoms with Crippen molar-refractivity contribution in [2.45, 2.75) is 33.2 Å². The molecule has 0 aromatic heterocycles. The maximum Gasteiger partial charge on any atom is 0.0439 e. The van der Waals surface area contributed by atoms with E-state index in [1.165, 1.54) is 0 Å². The maximum absolute atomic E-state index is 6.15. The second kappa shape index (κ2) is 8.80. The largest absolute Gasteiger partial charge is 0.313 e. The Balaban J connectivity index is 2.35. The summed E-state index contributed by atoms with van der Waals surface area (Å²) >= 11 is 12.1. The lowest BCUT2D eigenvalue weighted by molar-refractivity contribution is 0.272. The molecule has 0 aliphatic heterocycles. The van der Waals surface area contributed by atoms with Gasteiger partial charge in [-0.3, -0.25) is 0 Å². The molecular weight excluding hydrogens is 279 g/mol. The van der Waals surface area contributed by atoms with Crippen LogP contribution in [0, 0.1) is 0 Å². The standard InChI is InChI=1S/C15H24Cl2N2/c1-4-19(5-2)11-12(3)18-9-8-13-10-14(16)6-7-15(13)17/h6-7,10,12,18H,4-5,8-9,11H2,1-3H3. The molecule has 1 rings (SSSR count). The molecule has 2 nitrogen and oxygen atoms in total. The molecule has 0 aliphatic carbocycles. The van der Waals surface area contributed by atoms with Crippen LogP contribution in [0.5, 0.6) is 0 Å². The first-order chi connectivity index (χ1) is 9.06. The summed E-state index contributed by atoms with van der Waals surface area (Å²) in [7, 11) is 0. The molecule has 1 aromatic rings. The summed E-state index contributed by atoms with van der Waals surface area (Å²) in [5.41, 5.74) is 1.11. The molecule has 1 aromatic carbocycles. The van der Waals surface area contributed by atoms with Gasteiger partial charge in [-0.1, -0.05) is 37.0 Å². The van der Waals surface area contributed by atoms with Crippen molar-refractivity contribution in [3.63, 3.8) is 0 Å². The van der Waals surface area contributed by atoms with E-state index >= 15 is 0 Å². The molecule has 0 saturated carbocycles. The lowest BCUT2D eigenvalue weighted by atomic mass is 10.1. The number of benzene rings is 1. The molecule has 0 saturated heterocycles. The fourth-order valence-electron chi connectivity index (χ4n) is 2.12. The van der Waals surface area contributed by atoms with Crippen molar-refractivity contribution in [3.05, 3.63) is 33.8 Å². The van der Waals surface area contributed by atoms with E-state index in [1.54, 1.807) is 0 Å². The van der Waals surface area contributed by atoms with Crippen LogP contribution in [0.4, 0.5) is 0 Å². The highest BCUT2D eigenvalue weighted by atomic mass is 35.5. The fraction of sp³-hybridized carbons (Fsp3) is 0.600. The summed E-state index contributed by atoms with van der Waals surface area (Å²) in [4.78, 5) is 2.42. The van der Waals surface area contributed by atoms with Crippen LogP contribution in [0.3, 0.4) is 0 Å². The van der Waals surface area contributed by atoms with Crippen LogP contribution < -0.4 is 5.32 Å². The van der Waals surface area contributed by atoms with Gasteiger partial charge in [0.15, 0.2) is 0 Å². The Morgan fingerprint density at radius 2 is 1.89 bits per heavy atom. The van der Waals surface area contributed by atoms with Gasteiger partial charge in [0.25, 0.3) is 0 Å². The highest BCUT2D eigenvalue weighted by Crippen LogP contribution is 2.20. The monoisotopic (exact) mass is 302 g/mol. The third-order valence-corrected chi connectivity index (χ3v) is 3.93. The third kappa shape index (κ3) is 6.13. The highest BCUT2D eigenvalue weighted by molar-refractivity contribution is 6.33. The molecule has 4 heteroatoms. The number of halogens is 2. The van der Waals surface area contributed by atoms with Crippen molar-refractivity contribution in [3.8, 4) is 0 Å². The quantitative estimate of drug-likeness (QED) is 0.784. The molecule has 0 spiro atoms. The van der Waals surface area contributed by atoms with Gasteiger partial charge in [0.1, 0.15) is 0 Å². The van der Waals surface area contributed by atoms with Crippen LogP contribution in [-0.4, -0.2) is 37.1 Å². The maximum atomic E-state index is 6.15. The smallest absolute Gasteiger partial charge is 0.0439 e. The van der Waals surface area contributed by atoms with Crippen LogP contribution in [-0.2, 0) is 6.42 Å². The van der Waals surface area contributed by atoms with Crippen molar-refractivity contribution in [1.82, 2.24) is 10.2 Å². The van der Waals surface area contributed by atoms with Gasteiger partial charge in [-0.15, -0.1) is 0 Å². The van der Waals surface area contributed by atoms with Gasteiger partial charge in [0.05, 0.1) is 0 Å². The van der Waals surface area contributed by atoms with Crippen LogP contribution >= 0.6 is 23.2 Å². The van der Waals surface area contributed by atoms with E-state index in [0.29, 0.717) is 6.04 Å². The number of hydrogen-bond donors (Lipinski definition) is 1. The van der Waals surface area contributed by atoms with Crippen molar-refractivity contribution in [2.75, 3.05) is 26.2 Å². The van der Waals surface area contributed by atoms with Crippen molar-refractivity contribution in [1.29, 1.82) is 0 Å². The van der Waals surface area contributed by atoms with Gasteiger partial charge in [-0.25, -0.2) is 0 Å². The second-order valence-corrected chi connectivity index (χ2v) is 5.67. The molecule has 0 fully saturated rings. The van der Waals surface area contributed by atoms with Gasteiger partial charge in [-0.05, 0) is 56.7 Å². The van der Waals surface area contributed by atoms with E-state index < -0.39 is 0 Å². The summed E-state index contributed by atoms with van der Waals surface area (Å²) in [5.74, 6) is 0. The normalized spacial score (nSPS) is 12.9. The van der Waals surface area contributed by atoms with E-state index in [1.807, 2.05) is 18.2 Å². The molecule has 0 heterocycles. The molecular formula is C15H24Cl2N2. The summed E-state index contributed by atoms with van der Waals surface area (Å²) in [5, 5.41) is 5.07. The van der Waals surface area contributed by atoms with Gasteiger partial charge >= 0.3 is 0 Å². The summed E-state index contributed by atoms with van der Waals surface area (Å²) in [6.07, 6.45) is 0.905. The number of hydrogen-bond acceptors (Lipinski definition) is 2. The van der Waals surface area contributed by atoms with Gasteiger partial charge < -0.3 is 10.2 Å². The van der Waals surface area contributed by atoms with E-state index in [9.17, 15) is 0 Å². The summed E-state index contributed by atoms with van der Waals surface area (Å²) in [6.45, 7) is 10.8. The van der Waals surface area contributed by atoms with Crippen molar-refractivity contribution in [2.24, 2.45) is 0 Å². The predicted molar refractivity (Wildman–Crippen MR) is 85.4 cm³/mol. The minimum absolute atomic E-state index is 0.484. The number of likely N-dealkylation sites (N-methyl/N-ethyl adjacent to an activating group) is 1. The van der Waals surface area contributed by atoms with E-state index in [2.05, 4.69) is 31.0 Å². The van der Waals surface area contributed by atoms with E-state index in [4.69, 9.17) is 23.2 Å². The summed E-state index contributed by atoms with van der Waals surface area (Å²) < 4.78 is 0. The van der Waals surface area contributed by atoms with Crippen molar-refractivity contribution < 1.29 is 0 Å². The minimum atomic E-state index is 0.484. The first-order valence-corrected chi connectivity index (χ1v) is 7.72. The first-order valence-electron chi connectivity index (χ1n) is 6.96. The zero-order valence-corrected chi connectivity index (χ0v) is 13.6. The zero-order valence-electron chi connectivity index (χ0n) is 12.0. The number of rotatable bonds is 8. The van der Waals surface area contributed by atoms with Crippen LogP contribution in [0.25, 0.3) is 0 Å². The molecule has 0 radical (unpaired) electrons. The summed E-state index contributed by atoms with van der Waals surface area (Å²) in [6, 6.07) is 6.11. The molecule has 0 aliphatic rings. The Bertz CT molecular complexity index is 378. The molecule has 1 N–H and O–H groups in total. The second-order valence-electron chi connectivity index (χ2n) is 4.83. The van der Waals surface area contributed by atoms with Gasteiger partial charge in [0.2, 0.25) is 0 Å². The highest BCUT2D eigenvalue weighted by Gasteiger charge is 2.07. The molecule has 1 unspecified atom stereocenters. The Morgan fingerprint density at radius 1 is 1.21 bits per heavy atom. The lowest BCUT2D eigenvalue weighted by Crippen LogP contribution is -2.39. The molecule has 0 bridgehead atoms.